The summed E-state index contributed by atoms with van der Waals surface area (Å²) in [6.07, 6.45) is 0. The molecule has 0 saturated carbocycles. The normalized spacial score (nSPS) is 14.1. The van der Waals surface area contributed by atoms with E-state index in [4.69, 9.17) is 11.6 Å². The Labute approximate surface area is 91.5 Å². The summed E-state index contributed by atoms with van der Waals surface area (Å²) in [5.41, 5.74) is 1.36. The van der Waals surface area contributed by atoms with Gasteiger partial charge in [0.25, 0.3) is 0 Å². The van der Waals surface area contributed by atoms with Gasteiger partial charge in [-0.15, -0.1) is 0 Å². The second-order valence-electron chi connectivity index (χ2n) is 4.67. The van der Waals surface area contributed by atoms with Gasteiger partial charge in [-0.1, -0.05) is 23.7 Å². The molecule has 0 radical (unpaired) electrons. The summed E-state index contributed by atoms with van der Waals surface area (Å²) >= 11 is 5.93. The maximum atomic E-state index is 5.93. The van der Waals surface area contributed by atoms with E-state index in [-0.39, 0.29) is 5.54 Å². The van der Waals surface area contributed by atoms with Crippen LogP contribution < -0.4 is 5.32 Å². The zero-order valence-corrected chi connectivity index (χ0v) is 10.0. The fourth-order valence-corrected chi connectivity index (χ4v) is 1.71. The van der Waals surface area contributed by atoms with E-state index in [9.17, 15) is 0 Å². The first-order chi connectivity index (χ1) is 6.38. The Morgan fingerprint density at radius 1 is 1.29 bits per heavy atom. The SMILES string of the molecule is C[C@@H](NC(C)(C)C)c1cccc(Cl)c1. The van der Waals surface area contributed by atoms with Crippen LogP contribution in [0.3, 0.4) is 0 Å². The Kier molecular flexibility index (Phi) is 3.57. The van der Waals surface area contributed by atoms with Crippen LogP contribution in [-0.4, -0.2) is 5.54 Å². The Balaban J connectivity index is 2.74. The Morgan fingerprint density at radius 3 is 2.43 bits per heavy atom. The third-order valence-electron chi connectivity index (χ3n) is 2.00. The molecule has 1 aromatic rings. The van der Waals surface area contributed by atoms with Gasteiger partial charge in [0, 0.05) is 16.6 Å². The molecule has 0 unspecified atom stereocenters. The van der Waals surface area contributed by atoms with Gasteiger partial charge in [-0.25, -0.2) is 0 Å². The first-order valence-corrected chi connectivity index (χ1v) is 5.29. The summed E-state index contributed by atoms with van der Waals surface area (Å²) in [5.74, 6) is 0. The minimum Gasteiger partial charge on any atom is -0.306 e. The second-order valence-corrected chi connectivity index (χ2v) is 5.11. The molecule has 78 valence electrons. The first kappa shape index (κ1) is 11.5. The number of halogens is 1. The van der Waals surface area contributed by atoms with E-state index in [1.807, 2.05) is 18.2 Å². The van der Waals surface area contributed by atoms with E-state index < -0.39 is 0 Å². The molecule has 1 nitrogen and oxygen atoms in total. The lowest BCUT2D eigenvalue weighted by Gasteiger charge is -2.26. The molecule has 1 N–H and O–H groups in total. The van der Waals surface area contributed by atoms with Crippen LogP contribution in [0.4, 0.5) is 0 Å². The summed E-state index contributed by atoms with van der Waals surface area (Å²) in [5, 5.41) is 4.30. The van der Waals surface area contributed by atoms with Crippen molar-refractivity contribution in [2.45, 2.75) is 39.3 Å². The van der Waals surface area contributed by atoms with Crippen molar-refractivity contribution in [1.29, 1.82) is 0 Å². The maximum Gasteiger partial charge on any atom is 0.0409 e. The molecule has 2 heteroatoms. The number of rotatable bonds is 2. The highest BCUT2D eigenvalue weighted by molar-refractivity contribution is 6.30. The van der Waals surface area contributed by atoms with E-state index in [0.29, 0.717) is 6.04 Å². The molecule has 0 saturated heterocycles. The van der Waals surface area contributed by atoms with Crippen LogP contribution in [0.25, 0.3) is 0 Å². The van der Waals surface area contributed by atoms with Crippen molar-refractivity contribution in [3.63, 3.8) is 0 Å². The van der Waals surface area contributed by atoms with Gasteiger partial charge in [-0.3, -0.25) is 0 Å². The average molecular weight is 212 g/mol. The molecular formula is C12H18ClN. The molecule has 0 bridgehead atoms. The predicted octanol–water partition coefficient (Wildman–Crippen LogP) is 3.79. The van der Waals surface area contributed by atoms with Gasteiger partial charge in [-0.05, 0) is 45.4 Å². The molecule has 0 heterocycles. The third kappa shape index (κ3) is 3.69. The van der Waals surface area contributed by atoms with Crippen LogP contribution in [0.2, 0.25) is 5.02 Å². The van der Waals surface area contributed by atoms with Crippen molar-refractivity contribution >= 4 is 11.6 Å². The maximum absolute atomic E-state index is 5.93. The Hall–Kier alpha value is -0.530. The average Bonchev–Trinajstić information content (AvgIpc) is 2.01. The van der Waals surface area contributed by atoms with Crippen molar-refractivity contribution in [1.82, 2.24) is 5.32 Å². The molecule has 1 atom stereocenters. The third-order valence-corrected chi connectivity index (χ3v) is 2.23. The van der Waals surface area contributed by atoms with Crippen molar-refractivity contribution < 1.29 is 0 Å². The van der Waals surface area contributed by atoms with Gasteiger partial charge in [0.15, 0.2) is 0 Å². The highest BCUT2D eigenvalue weighted by Crippen LogP contribution is 2.19. The molecule has 0 aromatic heterocycles. The van der Waals surface area contributed by atoms with Crippen LogP contribution in [0.5, 0.6) is 0 Å². The lowest BCUT2D eigenvalue weighted by atomic mass is 10.0. The molecule has 0 fully saturated rings. The zero-order chi connectivity index (χ0) is 10.8. The molecule has 0 aliphatic rings. The van der Waals surface area contributed by atoms with Crippen molar-refractivity contribution in [3.05, 3.63) is 34.9 Å². The van der Waals surface area contributed by atoms with E-state index in [1.54, 1.807) is 0 Å². The summed E-state index contributed by atoms with van der Waals surface area (Å²) in [6.45, 7) is 8.63. The van der Waals surface area contributed by atoms with Gasteiger partial charge in [0.1, 0.15) is 0 Å². The largest absolute Gasteiger partial charge is 0.306 e. The molecule has 1 aromatic carbocycles. The number of benzene rings is 1. The smallest absolute Gasteiger partial charge is 0.0409 e. The van der Waals surface area contributed by atoms with E-state index >= 15 is 0 Å². The molecule has 0 amide bonds. The Morgan fingerprint density at radius 2 is 1.93 bits per heavy atom. The van der Waals surface area contributed by atoms with Gasteiger partial charge < -0.3 is 5.32 Å². The van der Waals surface area contributed by atoms with Crippen LogP contribution in [0.15, 0.2) is 24.3 Å². The lowest BCUT2D eigenvalue weighted by Crippen LogP contribution is -2.37. The van der Waals surface area contributed by atoms with Crippen molar-refractivity contribution in [2.75, 3.05) is 0 Å². The second kappa shape index (κ2) is 4.33. The summed E-state index contributed by atoms with van der Waals surface area (Å²) in [6, 6.07) is 8.31. The summed E-state index contributed by atoms with van der Waals surface area (Å²) in [4.78, 5) is 0. The number of hydrogen-bond acceptors (Lipinski definition) is 1. The summed E-state index contributed by atoms with van der Waals surface area (Å²) in [7, 11) is 0. The van der Waals surface area contributed by atoms with Crippen molar-refractivity contribution in [3.8, 4) is 0 Å². The zero-order valence-electron chi connectivity index (χ0n) is 9.26. The fraction of sp³-hybridized carbons (Fsp3) is 0.500. The monoisotopic (exact) mass is 211 g/mol. The van der Waals surface area contributed by atoms with Crippen LogP contribution in [0, 0.1) is 0 Å². The quantitative estimate of drug-likeness (QED) is 0.785. The highest BCUT2D eigenvalue weighted by atomic mass is 35.5. The van der Waals surface area contributed by atoms with Gasteiger partial charge in [0.2, 0.25) is 0 Å². The number of nitrogens with one attached hydrogen (secondary N) is 1. The molecule has 0 aliphatic carbocycles. The Bertz CT molecular complexity index is 301. The topological polar surface area (TPSA) is 12.0 Å². The standard InChI is InChI=1S/C12H18ClN/c1-9(14-12(2,3)4)10-6-5-7-11(13)8-10/h5-9,14H,1-4H3/t9-/m1/s1. The molecule has 0 aliphatic heterocycles. The van der Waals surface area contributed by atoms with Crippen molar-refractivity contribution in [2.24, 2.45) is 0 Å². The van der Waals surface area contributed by atoms with Crippen LogP contribution in [0.1, 0.15) is 39.3 Å². The molecule has 1 rings (SSSR count). The van der Waals surface area contributed by atoms with Crippen LogP contribution in [-0.2, 0) is 0 Å². The molecular weight excluding hydrogens is 194 g/mol. The van der Waals surface area contributed by atoms with Gasteiger partial charge in [0.05, 0.1) is 0 Å². The van der Waals surface area contributed by atoms with E-state index in [1.165, 1.54) is 5.56 Å². The minimum atomic E-state index is 0.127. The van der Waals surface area contributed by atoms with E-state index in [0.717, 1.165) is 5.02 Å². The summed E-state index contributed by atoms with van der Waals surface area (Å²) < 4.78 is 0. The lowest BCUT2D eigenvalue weighted by molar-refractivity contribution is 0.378. The van der Waals surface area contributed by atoms with Gasteiger partial charge >= 0.3 is 0 Å². The molecule has 0 spiro atoms. The highest BCUT2D eigenvalue weighted by Gasteiger charge is 2.14. The fourth-order valence-electron chi connectivity index (χ4n) is 1.51. The van der Waals surface area contributed by atoms with Crippen LogP contribution >= 0.6 is 11.6 Å². The minimum absolute atomic E-state index is 0.127. The van der Waals surface area contributed by atoms with E-state index in [2.05, 4.69) is 39.1 Å². The predicted molar refractivity (Wildman–Crippen MR) is 62.8 cm³/mol. The first-order valence-electron chi connectivity index (χ1n) is 4.92. The molecule has 14 heavy (non-hydrogen) atoms. The van der Waals surface area contributed by atoms with Gasteiger partial charge in [-0.2, -0.15) is 0 Å². The number of hydrogen-bond donors (Lipinski definition) is 1.